The Morgan fingerprint density at radius 1 is 1.21 bits per heavy atom. The zero-order valence-electron chi connectivity index (χ0n) is 17.2. The number of rotatable bonds is 11. The number of guanidine groups is 1. The van der Waals surface area contributed by atoms with Gasteiger partial charge in [0, 0.05) is 39.5 Å². The molecule has 1 atom stereocenters. The van der Waals surface area contributed by atoms with Crippen molar-refractivity contribution in [3.05, 3.63) is 53.9 Å². The number of hydrogen-bond acceptors (Lipinski definition) is 3. The first-order chi connectivity index (χ1) is 13.2. The molecule has 1 aromatic carbocycles. The summed E-state index contributed by atoms with van der Waals surface area (Å²) in [7, 11) is 1.94. The summed E-state index contributed by atoms with van der Waals surface area (Å²) in [4.78, 5) is 4.64. The fourth-order valence-corrected chi connectivity index (χ4v) is 2.78. The van der Waals surface area contributed by atoms with Gasteiger partial charge >= 0.3 is 0 Å². The molecule has 0 spiro atoms. The van der Waals surface area contributed by atoms with E-state index in [0.717, 1.165) is 51.5 Å². The minimum atomic E-state index is 0. The van der Waals surface area contributed by atoms with Gasteiger partial charge in [0.25, 0.3) is 0 Å². The molecule has 6 nitrogen and oxygen atoms in total. The summed E-state index contributed by atoms with van der Waals surface area (Å²) in [5.41, 5.74) is 2.48. The normalized spacial score (nSPS) is 12.3. The lowest BCUT2D eigenvalue weighted by Gasteiger charge is -2.14. The van der Waals surface area contributed by atoms with Crippen LogP contribution in [0.25, 0.3) is 0 Å². The molecule has 0 amide bonds. The van der Waals surface area contributed by atoms with Crippen molar-refractivity contribution in [1.29, 1.82) is 0 Å². The fourth-order valence-electron chi connectivity index (χ4n) is 2.78. The molecule has 2 rings (SSSR count). The van der Waals surface area contributed by atoms with Crippen molar-refractivity contribution in [3.8, 4) is 0 Å². The third-order valence-corrected chi connectivity index (χ3v) is 4.25. The predicted molar refractivity (Wildman–Crippen MR) is 126 cm³/mol. The Labute approximate surface area is 186 Å². The molecule has 156 valence electrons. The van der Waals surface area contributed by atoms with Crippen LogP contribution in [0.1, 0.15) is 43.9 Å². The number of hydrogen-bond donors (Lipinski definition) is 2. The van der Waals surface area contributed by atoms with Crippen molar-refractivity contribution < 1.29 is 4.74 Å². The van der Waals surface area contributed by atoms with Crippen LogP contribution in [0.2, 0.25) is 0 Å². The summed E-state index contributed by atoms with van der Waals surface area (Å²) >= 11 is 0. The third kappa shape index (κ3) is 9.54. The second-order valence-electron chi connectivity index (χ2n) is 6.59. The predicted octanol–water partition coefficient (Wildman–Crippen LogP) is 3.69. The Morgan fingerprint density at radius 2 is 2.00 bits per heavy atom. The Bertz CT molecular complexity index is 674. The van der Waals surface area contributed by atoms with E-state index in [9.17, 15) is 0 Å². The fraction of sp³-hybridized carbons (Fsp3) is 0.524. The van der Waals surface area contributed by atoms with E-state index < -0.39 is 0 Å². The van der Waals surface area contributed by atoms with Crippen LogP contribution in [0.5, 0.6) is 0 Å². The van der Waals surface area contributed by atoms with Gasteiger partial charge in [-0.25, -0.2) is 0 Å². The van der Waals surface area contributed by atoms with Crippen molar-refractivity contribution in [2.45, 2.75) is 39.2 Å². The number of benzene rings is 1. The van der Waals surface area contributed by atoms with Gasteiger partial charge in [0.05, 0.1) is 12.3 Å². The van der Waals surface area contributed by atoms with E-state index in [4.69, 9.17) is 4.74 Å². The van der Waals surface area contributed by atoms with Crippen LogP contribution >= 0.6 is 24.0 Å². The molecular weight excluding hydrogens is 465 g/mol. The molecule has 0 aliphatic heterocycles. The lowest BCUT2D eigenvalue weighted by molar-refractivity contribution is 0.0646. The summed E-state index contributed by atoms with van der Waals surface area (Å²) in [5.74, 6) is 0.875. The lowest BCUT2D eigenvalue weighted by atomic mass is 10.1. The van der Waals surface area contributed by atoms with Crippen LogP contribution in [0.4, 0.5) is 0 Å². The average molecular weight is 499 g/mol. The quantitative estimate of drug-likeness (QED) is 0.214. The highest BCUT2D eigenvalue weighted by Gasteiger charge is 2.04. The van der Waals surface area contributed by atoms with Gasteiger partial charge < -0.3 is 15.4 Å². The van der Waals surface area contributed by atoms with Crippen molar-refractivity contribution in [3.63, 3.8) is 0 Å². The first-order valence-corrected chi connectivity index (χ1v) is 9.85. The molecule has 2 N–H and O–H groups in total. The summed E-state index contributed by atoms with van der Waals surface area (Å²) in [5, 5.41) is 10.9. The summed E-state index contributed by atoms with van der Waals surface area (Å²) in [6, 6.07) is 10.3. The zero-order valence-corrected chi connectivity index (χ0v) is 19.6. The van der Waals surface area contributed by atoms with E-state index in [1.54, 1.807) is 0 Å². The van der Waals surface area contributed by atoms with Gasteiger partial charge in [-0.3, -0.25) is 9.67 Å². The molecule has 7 heteroatoms. The molecule has 0 fully saturated rings. The first-order valence-electron chi connectivity index (χ1n) is 9.85. The number of aromatic nitrogens is 2. The Kier molecular flexibility index (Phi) is 12.6. The molecular formula is C21H34IN5O. The SMILES string of the molecule is CCNC(=NCCCc1cnn(C)c1)NCCCOC(C)c1ccccc1.I. The minimum Gasteiger partial charge on any atom is -0.374 e. The van der Waals surface area contributed by atoms with Gasteiger partial charge in [-0.1, -0.05) is 30.3 Å². The van der Waals surface area contributed by atoms with E-state index in [-0.39, 0.29) is 30.1 Å². The number of nitrogens with one attached hydrogen (secondary N) is 2. The molecule has 1 unspecified atom stereocenters. The van der Waals surface area contributed by atoms with Crippen molar-refractivity contribution in [2.24, 2.45) is 12.0 Å². The lowest BCUT2D eigenvalue weighted by Crippen LogP contribution is -2.38. The van der Waals surface area contributed by atoms with Gasteiger partial charge in [-0.2, -0.15) is 5.10 Å². The number of halogens is 1. The van der Waals surface area contributed by atoms with Crippen LogP contribution in [0.3, 0.4) is 0 Å². The van der Waals surface area contributed by atoms with Crippen LogP contribution in [-0.4, -0.2) is 42.0 Å². The molecule has 0 saturated carbocycles. The summed E-state index contributed by atoms with van der Waals surface area (Å²) in [6.07, 6.45) is 7.06. The van der Waals surface area contributed by atoms with Gasteiger partial charge in [0.1, 0.15) is 0 Å². The first kappa shape index (κ1) is 24.4. The molecule has 1 heterocycles. The average Bonchev–Trinajstić information content (AvgIpc) is 3.10. The molecule has 0 aliphatic rings. The maximum atomic E-state index is 5.91. The van der Waals surface area contributed by atoms with Crippen LogP contribution in [0.15, 0.2) is 47.7 Å². The smallest absolute Gasteiger partial charge is 0.191 e. The molecule has 0 aliphatic carbocycles. The molecule has 28 heavy (non-hydrogen) atoms. The molecule has 2 aromatic rings. The van der Waals surface area contributed by atoms with Gasteiger partial charge in [-0.15, -0.1) is 24.0 Å². The third-order valence-electron chi connectivity index (χ3n) is 4.25. The summed E-state index contributed by atoms with van der Waals surface area (Å²) in [6.45, 7) is 7.40. The highest BCUT2D eigenvalue weighted by Crippen LogP contribution is 2.15. The van der Waals surface area contributed by atoms with E-state index in [1.165, 1.54) is 11.1 Å². The Balaban J connectivity index is 0.00000392. The van der Waals surface area contributed by atoms with E-state index in [2.05, 4.69) is 52.9 Å². The van der Waals surface area contributed by atoms with E-state index in [1.807, 2.05) is 36.1 Å². The summed E-state index contributed by atoms with van der Waals surface area (Å²) < 4.78 is 7.75. The van der Waals surface area contributed by atoms with Crippen molar-refractivity contribution in [1.82, 2.24) is 20.4 Å². The van der Waals surface area contributed by atoms with Gasteiger partial charge in [-0.05, 0) is 44.2 Å². The molecule has 0 radical (unpaired) electrons. The monoisotopic (exact) mass is 499 g/mol. The largest absolute Gasteiger partial charge is 0.374 e. The van der Waals surface area contributed by atoms with E-state index in [0.29, 0.717) is 0 Å². The topological polar surface area (TPSA) is 63.5 Å². The highest BCUT2D eigenvalue weighted by atomic mass is 127. The van der Waals surface area contributed by atoms with Gasteiger partial charge in [0.15, 0.2) is 5.96 Å². The van der Waals surface area contributed by atoms with Crippen LogP contribution in [0, 0.1) is 0 Å². The second kappa shape index (κ2) is 14.4. The van der Waals surface area contributed by atoms with Gasteiger partial charge in [0.2, 0.25) is 0 Å². The van der Waals surface area contributed by atoms with E-state index >= 15 is 0 Å². The maximum absolute atomic E-state index is 5.91. The minimum absolute atomic E-state index is 0. The number of aliphatic imine (C=N–C) groups is 1. The second-order valence-corrected chi connectivity index (χ2v) is 6.59. The van der Waals surface area contributed by atoms with Crippen molar-refractivity contribution >= 4 is 29.9 Å². The zero-order chi connectivity index (χ0) is 19.3. The Morgan fingerprint density at radius 3 is 2.68 bits per heavy atom. The molecule has 0 bridgehead atoms. The van der Waals surface area contributed by atoms with Crippen molar-refractivity contribution in [2.75, 3.05) is 26.2 Å². The van der Waals surface area contributed by atoms with Crippen LogP contribution in [-0.2, 0) is 18.2 Å². The Hall–Kier alpha value is -1.61. The number of ether oxygens (including phenoxy) is 1. The number of nitrogens with zero attached hydrogens (tertiary/aromatic N) is 3. The maximum Gasteiger partial charge on any atom is 0.191 e. The molecule has 1 aromatic heterocycles. The highest BCUT2D eigenvalue weighted by molar-refractivity contribution is 14.0. The standard InChI is InChI=1S/C21H33N5O.HI/c1-4-22-21(23-13-8-10-19-16-25-26(3)17-19)24-14-9-15-27-18(2)20-11-6-5-7-12-20;/h5-7,11-12,16-18H,4,8-10,13-15H2,1-3H3,(H2,22,23,24);1H. The van der Waals surface area contributed by atoms with Crippen LogP contribution < -0.4 is 10.6 Å². The molecule has 0 saturated heterocycles. The number of aryl methyl sites for hydroxylation is 2.